The van der Waals surface area contributed by atoms with Crippen molar-refractivity contribution in [1.82, 2.24) is 5.32 Å². The molecule has 2 aromatic rings. The van der Waals surface area contributed by atoms with Crippen LogP contribution in [0.2, 0.25) is 0 Å². The SMILES string of the molecule is Cc1ccccc1N1C[C@@H](C(=O)Nc2ccccc2C(=O)NC2CC2)CC1=O. The minimum absolute atomic E-state index is 0.0609. The lowest BCUT2D eigenvalue weighted by atomic mass is 10.1. The summed E-state index contributed by atoms with van der Waals surface area (Å²) in [7, 11) is 0. The molecule has 1 aliphatic carbocycles. The van der Waals surface area contributed by atoms with Crippen molar-refractivity contribution in [3.63, 3.8) is 0 Å². The molecule has 2 aliphatic rings. The van der Waals surface area contributed by atoms with Crippen LogP contribution in [0.1, 0.15) is 35.2 Å². The Balaban J connectivity index is 1.47. The molecule has 144 valence electrons. The molecule has 1 aliphatic heterocycles. The molecule has 1 saturated heterocycles. The third-order valence-corrected chi connectivity index (χ3v) is 5.24. The van der Waals surface area contributed by atoms with Gasteiger partial charge in [-0.3, -0.25) is 14.4 Å². The minimum atomic E-state index is -0.452. The number of carbonyl (C=O) groups excluding carboxylic acids is 3. The van der Waals surface area contributed by atoms with E-state index in [1.807, 2.05) is 31.2 Å². The second-order valence-corrected chi connectivity index (χ2v) is 7.47. The molecule has 0 bridgehead atoms. The molecule has 1 atom stereocenters. The van der Waals surface area contributed by atoms with Crippen LogP contribution in [0.4, 0.5) is 11.4 Å². The fourth-order valence-corrected chi connectivity index (χ4v) is 3.50. The molecule has 0 radical (unpaired) electrons. The first-order chi connectivity index (χ1) is 13.5. The van der Waals surface area contributed by atoms with E-state index >= 15 is 0 Å². The average molecular weight is 377 g/mol. The number of amides is 3. The Hall–Kier alpha value is -3.15. The molecular weight excluding hydrogens is 354 g/mol. The molecule has 6 nitrogen and oxygen atoms in total. The summed E-state index contributed by atoms with van der Waals surface area (Å²) in [6, 6.07) is 14.9. The highest BCUT2D eigenvalue weighted by Crippen LogP contribution is 2.29. The van der Waals surface area contributed by atoms with Crippen LogP contribution in [-0.4, -0.2) is 30.3 Å². The Labute approximate surface area is 163 Å². The number of nitrogens with one attached hydrogen (secondary N) is 2. The summed E-state index contributed by atoms with van der Waals surface area (Å²) in [5.41, 5.74) is 2.77. The summed E-state index contributed by atoms with van der Waals surface area (Å²) in [4.78, 5) is 39.4. The zero-order valence-corrected chi connectivity index (χ0v) is 15.8. The van der Waals surface area contributed by atoms with Crippen LogP contribution in [0.5, 0.6) is 0 Å². The van der Waals surface area contributed by atoms with E-state index in [2.05, 4.69) is 10.6 Å². The second kappa shape index (κ2) is 7.46. The molecule has 3 amide bonds. The molecule has 0 spiro atoms. The predicted octanol–water partition coefficient (Wildman–Crippen LogP) is 2.88. The van der Waals surface area contributed by atoms with Gasteiger partial charge in [0.15, 0.2) is 0 Å². The van der Waals surface area contributed by atoms with Crippen LogP contribution in [0.3, 0.4) is 0 Å². The van der Waals surface area contributed by atoms with E-state index in [0.29, 0.717) is 17.8 Å². The Morgan fingerprint density at radius 1 is 1.04 bits per heavy atom. The van der Waals surface area contributed by atoms with Crippen LogP contribution < -0.4 is 15.5 Å². The van der Waals surface area contributed by atoms with Crippen LogP contribution in [-0.2, 0) is 9.59 Å². The maximum absolute atomic E-state index is 12.8. The van der Waals surface area contributed by atoms with Gasteiger partial charge in [0.1, 0.15) is 0 Å². The van der Waals surface area contributed by atoms with E-state index in [1.165, 1.54) is 0 Å². The van der Waals surface area contributed by atoms with Gasteiger partial charge in [-0.1, -0.05) is 30.3 Å². The van der Waals surface area contributed by atoms with E-state index < -0.39 is 5.92 Å². The lowest BCUT2D eigenvalue weighted by Crippen LogP contribution is -2.30. The van der Waals surface area contributed by atoms with Gasteiger partial charge < -0.3 is 15.5 Å². The molecule has 0 unspecified atom stereocenters. The number of hydrogen-bond acceptors (Lipinski definition) is 3. The molecule has 2 fully saturated rings. The average Bonchev–Trinajstić information content (AvgIpc) is 3.41. The van der Waals surface area contributed by atoms with Crippen LogP contribution in [0.25, 0.3) is 0 Å². The maximum atomic E-state index is 12.8. The van der Waals surface area contributed by atoms with Crippen molar-refractivity contribution in [2.75, 3.05) is 16.8 Å². The summed E-state index contributed by atoms with van der Waals surface area (Å²) in [6.07, 6.45) is 2.16. The number of hydrogen-bond donors (Lipinski definition) is 2. The van der Waals surface area contributed by atoms with Crippen LogP contribution in [0, 0.1) is 12.8 Å². The standard InChI is InChI=1S/C22H23N3O3/c1-14-6-2-5-9-19(14)25-13-15(12-20(25)26)21(27)24-18-8-4-3-7-17(18)22(28)23-16-10-11-16/h2-9,15-16H,10-13H2,1H3,(H,23,28)(H,24,27)/t15-/m0/s1. The van der Waals surface area contributed by atoms with Crippen molar-refractivity contribution in [2.24, 2.45) is 5.92 Å². The zero-order valence-electron chi connectivity index (χ0n) is 15.8. The molecule has 2 aromatic carbocycles. The van der Waals surface area contributed by atoms with E-state index in [1.54, 1.807) is 29.2 Å². The van der Waals surface area contributed by atoms with Crippen molar-refractivity contribution in [3.05, 3.63) is 59.7 Å². The van der Waals surface area contributed by atoms with Gasteiger partial charge in [0.2, 0.25) is 11.8 Å². The lowest BCUT2D eigenvalue weighted by Gasteiger charge is -2.19. The van der Waals surface area contributed by atoms with Crippen molar-refractivity contribution >= 4 is 29.1 Å². The summed E-state index contributed by atoms with van der Waals surface area (Å²) in [5.74, 6) is -0.931. The number of benzene rings is 2. The van der Waals surface area contributed by atoms with Crippen LogP contribution >= 0.6 is 0 Å². The van der Waals surface area contributed by atoms with E-state index in [0.717, 1.165) is 24.1 Å². The van der Waals surface area contributed by atoms with Crippen LogP contribution in [0.15, 0.2) is 48.5 Å². The summed E-state index contributed by atoms with van der Waals surface area (Å²) < 4.78 is 0. The molecule has 4 rings (SSSR count). The third-order valence-electron chi connectivity index (χ3n) is 5.24. The Morgan fingerprint density at radius 3 is 2.50 bits per heavy atom. The van der Waals surface area contributed by atoms with Gasteiger partial charge in [0, 0.05) is 24.7 Å². The van der Waals surface area contributed by atoms with E-state index in [4.69, 9.17) is 0 Å². The molecular formula is C22H23N3O3. The molecule has 1 heterocycles. The Morgan fingerprint density at radius 2 is 1.75 bits per heavy atom. The van der Waals surface area contributed by atoms with E-state index in [-0.39, 0.29) is 30.2 Å². The number of nitrogens with zero attached hydrogens (tertiary/aromatic N) is 1. The largest absolute Gasteiger partial charge is 0.349 e. The zero-order chi connectivity index (χ0) is 19.7. The Kier molecular flexibility index (Phi) is 4.86. The van der Waals surface area contributed by atoms with Crippen molar-refractivity contribution < 1.29 is 14.4 Å². The predicted molar refractivity (Wildman–Crippen MR) is 107 cm³/mol. The van der Waals surface area contributed by atoms with Gasteiger partial charge in [0.25, 0.3) is 5.91 Å². The summed E-state index contributed by atoms with van der Waals surface area (Å²) in [5, 5.41) is 5.80. The molecule has 1 saturated carbocycles. The smallest absolute Gasteiger partial charge is 0.253 e. The van der Waals surface area contributed by atoms with Crippen molar-refractivity contribution in [2.45, 2.75) is 32.2 Å². The fourth-order valence-electron chi connectivity index (χ4n) is 3.50. The van der Waals surface area contributed by atoms with E-state index in [9.17, 15) is 14.4 Å². The number of para-hydroxylation sites is 2. The highest BCUT2D eigenvalue weighted by atomic mass is 16.2. The van der Waals surface area contributed by atoms with Gasteiger partial charge in [-0.15, -0.1) is 0 Å². The molecule has 2 N–H and O–H groups in total. The number of aryl methyl sites for hydroxylation is 1. The summed E-state index contributed by atoms with van der Waals surface area (Å²) in [6.45, 7) is 2.29. The topological polar surface area (TPSA) is 78.5 Å². The third kappa shape index (κ3) is 3.76. The van der Waals surface area contributed by atoms with Gasteiger partial charge in [-0.2, -0.15) is 0 Å². The number of anilines is 2. The van der Waals surface area contributed by atoms with Crippen molar-refractivity contribution in [1.29, 1.82) is 0 Å². The highest BCUT2D eigenvalue weighted by molar-refractivity contribution is 6.07. The molecule has 6 heteroatoms. The quantitative estimate of drug-likeness (QED) is 0.841. The highest BCUT2D eigenvalue weighted by Gasteiger charge is 2.36. The minimum Gasteiger partial charge on any atom is -0.349 e. The van der Waals surface area contributed by atoms with Gasteiger partial charge in [-0.05, 0) is 43.5 Å². The van der Waals surface area contributed by atoms with Crippen molar-refractivity contribution in [3.8, 4) is 0 Å². The first-order valence-corrected chi connectivity index (χ1v) is 9.59. The number of rotatable bonds is 5. The fraction of sp³-hybridized carbons (Fsp3) is 0.318. The first-order valence-electron chi connectivity index (χ1n) is 9.59. The van der Waals surface area contributed by atoms with Gasteiger partial charge in [-0.25, -0.2) is 0 Å². The maximum Gasteiger partial charge on any atom is 0.253 e. The number of carbonyl (C=O) groups is 3. The van der Waals surface area contributed by atoms with Gasteiger partial charge in [0.05, 0.1) is 17.2 Å². The summed E-state index contributed by atoms with van der Waals surface area (Å²) >= 11 is 0. The van der Waals surface area contributed by atoms with Gasteiger partial charge >= 0.3 is 0 Å². The second-order valence-electron chi connectivity index (χ2n) is 7.47. The lowest BCUT2D eigenvalue weighted by molar-refractivity contribution is -0.122. The molecule has 28 heavy (non-hydrogen) atoms. The normalized spacial score (nSPS) is 18.8. The first kappa shape index (κ1) is 18.2. The monoisotopic (exact) mass is 377 g/mol. The molecule has 0 aromatic heterocycles. The Bertz CT molecular complexity index is 936.